The van der Waals surface area contributed by atoms with Crippen LogP contribution in [0.4, 0.5) is 4.39 Å². The van der Waals surface area contributed by atoms with Crippen molar-refractivity contribution in [2.75, 3.05) is 0 Å². The topological polar surface area (TPSA) is 9.23 Å². The van der Waals surface area contributed by atoms with E-state index in [0.29, 0.717) is 11.5 Å². The van der Waals surface area contributed by atoms with Gasteiger partial charge in [0.2, 0.25) is 0 Å². The van der Waals surface area contributed by atoms with Gasteiger partial charge in [-0.3, -0.25) is 0 Å². The summed E-state index contributed by atoms with van der Waals surface area (Å²) in [7, 11) is 0. The van der Waals surface area contributed by atoms with E-state index in [1.807, 2.05) is 24.3 Å². The summed E-state index contributed by atoms with van der Waals surface area (Å²) in [5, 5.41) is 0. The van der Waals surface area contributed by atoms with E-state index in [1.165, 1.54) is 12.1 Å². The number of rotatable bonds is 3. The molecule has 0 N–H and O–H groups in total. The second kappa shape index (κ2) is 5.65. The molecular weight excluding hydrogens is 351 g/mol. The van der Waals surface area contributed by atoms with E-state index in [2.05, 4.69) is 31.9 Å². The first-order valence-corrected chi connectivity index (χ1v) is 6.80. The van der Waals surface area contributed by atoms with Crippen LogP contribution in [-0.2, 0) is 0 Å². The van der Waals surface area contributed by atoms with E-state index < -0.39 is 0 Å². The van der Waals surface area contributed by atoms with Gasteiger partial charge in [-0.25, -0.2) is 4.39 Å². The Hall–Kier alpha value is -0.870. The lowest BCUT2D eigenvalue weighted by Gasteiger charge is -2.08. The summed E-state index contributed by atoms with van der Waals surface area (Å²) in [5.74, 6) is 0.859. The van der Waals surface area contributed by atoms with Crippen LogP contribution in [-0.4, -0.2) is 0 Å². The normalized spacial score (nSPS) is 10.6. The monoisotopic (exact) mass is 358 g/mol. The molecule has 4 heteroatoms. The Labute approximate surface area is 116 Å². The van der Waals surface area contributed by atoms with Crippen molar-refractivity contribution in [1.29, 1.82) is 0 Å². The zero-order valence-electron chi connectivity index (χ0n) is 8.74. The van der Waals surface area contributed by atoms with Gasteiger partial charge in [0.25, 0.3) is 0 Å². The Morgan fingerprint density at radius 2 is 1.59 bits per heavy atom. The van der Waals surface area contributed by atoms with Crippen molar-refractivity contribution in [3.63, 3.8) is 0 Å². The molecule has 0 aliphatic heterocycles. The molecule has 0 aliphatic rings. The van der Waals surface area contributed by atoms with Crippen molar-refractivity contribution < 1.29 is 9.13 Å². The molecule has 1 nitrogen and oxygen atoms in total. The summed E-state index contributed by atoms with van der Waals surface area (Å²) in [5.41, 5.74) is 1.04. The van der Waals surface area contributed by atoms with Gasteiger partial charge in [-0.15, -0.1) is 0 Å². The van der Waals surface area contributed by atoms with Gasteiger partial charge in [-0.2, -0.15) is 0 Å². The maximum absolute atomic E-state index is 13.0. The minimum Gasteiger partial charge on any atom is -0.457 e. The highest BCUT2D eigenvalue weighted by atomic mass is 79.9. The lowest BCUT2D eigenvalue weighted by atomic mass is 10.2. The van der Waals surface area contributed by atoms with Crippen LogP contribution in [0, 0.1) is 5.82 Å². The molecule has 2 rings (SSSR count). The second-order valence-electron chi connectivity index (χ2n) is 3.43. The molecule has 0 unspecified atom stereocenters. The molecule has 0 heterocycles. The van der Waals surface area contributed by atoms with Crippen molar-refractivity contribution in [2.24, 2.45) is 0 Å². The Bertz CT molecular complexity index is 514. The fraction of sp³-hybridized carbons (Fsp3) is 0.0769. The molecule has 17 heavy (non-hydrogen) atoms. The molecule has 0 aromatic heterocycles. The van der Waals surface area contributed by atoms with E-state index in [1.54, 1.807) is 12.1 Å². The number of alkyl halides is 2. The molecule has 0 fully saturated rings. The Morgan fingerprint density at radius 3 is 2.24 bits per heavy atom. The maximum Gasteiger partial charge on any atom is 0.130 e. The van der Waals surface area contributed by atoms with E-state index in [9.17, 15) is 4.39 Å². The standard InChI is InChI=1S/C13H9Br2FO/c14-13(15)9-3-1-5-11(7-9)17-12-6-2-4-10(16)8-12/h1-8,13H. The van der Waals surface area contributed by atoms with Crippen molar-refractivity contribution in [2.45, 2.75) is 3.74 Å². The fourth-order valence-corrected chi connectivity index (χ4v) is 1.95. The number of hydrogen-bond acceptors (Lipinski definition) is 1. The van der Waals surface area contributed by atoms with Gasteiger partial charge in [-0.1, -0.05) is 50.1 Å². The van der Waals surface area contributed by atoms with E-state index >= 15 is 0 Å². The average Bonchev–Trinajstić information content (AvgIpc) is 2.29. The Kier molecular flexibility index (Phi) is 4.18. The van der Waals surface area contributed by atoms with Gasteiger partial charge >= 0.3 is 0 Å². The molecule has 0 saturated carbocycles. The summed E-state index contributed by atoms with van der Waals surface area (Å²) < 4.78 is 18.6. The van der Waals surface area contributed by atoms with E-state index in [0.717, 1.165) is 5.56 Å². The quantitative estimate of drug-likeness (QED) is 0.666. The van der Waals surface area contributed by atoms with Crippen LogP contribution in [0.1, 0.15) is 9.30 Å². The third-order valence-electron chi connectivity index (χ3n) is 2.14. The van der Waals surface area contributed by atoms with Crippen LogP contribution in [0.2, 0.25) is 0 Å². The predicted molar refractivity (Wildman–Crippen MR) is 73.5 cm³/mol. The summed E-state index contributed by atoms with van der Waals surface area (Å²) in [6, 6.07) is 13.6. The Balaban J connectivity index is 2.21. The fourth-order valence-electron chi connectivity index (χ4n) is 1.38. The first kappa shape index (κ1) is 12.6. The summed E-state index contributed by atoms with van der Waals surface area (Å²) in [6.07, 6.45) is 0. The number of halogens is 3. The summed E-state index contributed by atoms with van der Waals surface area (Å²) in [6.45, 7) is 0. The summed E-state index contributed by atoms with van der Waals surface area (Å²) in [4.78, 5) is 0. The highest BCUT2D eigenvalue weighted by molar-refractivity contribution is 9.24. The number of benzene rings is 2. The first-order chi connectivity index (χ1) is 8.15. The maximum atomic E-state index is 13.0. The largest absolute Gasteiger partial charge is 0.457 e. The number of ether oxygens (including phenoxy) is 1. The highest BCUT2D eigenvalue weighted by Gasteiger charge is 2.04. The van der Waals surface area contributed by atoms with Gasteiger partial charge in [-0.05, 0) is 29.8 Å². The van der Waals surface area contributed by atoms with Gasteiger partial charge < -0.3 is 4.74 Å². The molecule has 0 saturated heterocycles. The van der Waals surface area contributed by atoms with Crippen LogP contribution in [0.25, 0.3) is 0 Å². The van der Waals surface area contributed by atoms with Crippen LogP contribution in [0.5, 0.6) is 11.5 Å². The van der Waals surface area contributed by atoms with Crippen molar-refractivity contribution in [3.8, 4) is 11.5 Å². The minimum absolute atomic E-state index is 0.0751. The molecule has 0 atom stereocenters. The summed E-state index contributed by atoms with van der Waals surface area (Å²) >= 11 is 6.83. The second-order valence-corrected chi connectivity index (χ2v) is 6.49. The SMILES string of the molecule is Fc1cccc(Oc2cccc(C(Br)Br)c2)c1. The third-order valence-corrected chi connectivity index (χ3v) is 3.20. The van der Waals surface area contributed by atoms with Crippen LogP contribution in [0.15, 0.2) is 48.5 Å². The van der Waals surface area contributed by atoms with Gasteiger partial charge in [0.15, 0.2) is 0 Å². The van der Waals surface area contributed by atoms with Gasteiger partial charge in [0.1, 0.15) is 17.3 Å². The molecule has 0 bridgehead atoms. The minimum atomic E-state index is -0.308. The van der Waals surface area contributed by atoms with Gasteiger partial charge in [0, 0.05) is 6.07 Å². The molecule has 2 aromatic carbocycles. The predicted octanol–water partition coefficient (Wildman–Crippen LogP) is 5.41. The molecule has 88 valence electrons. The first-order valence-electron chi connectivity index (χ1n) is 4.97. The Morgan fingerprint density at radius 1 is 0.941 bits per heavy atom. The van der Waals surface area contributed by atoms with E-state index in [4.69, 9.17) is 4.74 Å². The van der Waals surface area contributed by atoms with Crippen molar-refractivity contribution in [3.05, 3.63) is 59.9 Å². The van der Waals surface area contributed by atoms with Crippen LogP contribution >= 0.6 is 31.9 Å². The van der Waals surface area contributed by atoms with Crippen LogP contribution in [0.3, 0.4) is 0 Å². The smallest absolute Gasteiger partial charge is 0.130 e. The highest BCUT2D eigenvalue weighted by Crippen LogP contribution is 2.32. The molecule has 0 radical (unpaired) electrons. The molecule has 2 aromatic rings. The average molecular weight is 360 g/mol. The van der Waals surface area contributed by atoms with E-state index in [-0.39, 0.29) is 9.55 Å². The lowest BCUT2D eigenvalue weighted by molar-refractivity contribution is 0.476. The molecule has 0 amide bonds. The van der Waals surface area contributed by atoms with Gasteiger partial charge in [0.05, 0.1) is 3.74 Å². The lowest BCUT2D eigenvalue weighted by Crippen LogP contribution is -1.87. The third kappa shape index (κ3) is 3.54. The van der Waals surface area contributed by atoms with Crippen molar-refractivity contribution >= 4 is 31.9 Å². The molecule has 0 aliphatic carbocycles. The zero-order chi connectivity index (χ0) is 12.3. The zero-order valence-corrected chi connectivity index (χ0v) is 11.9. The number of hydrogen-bond donors (Lipinski definition) is 0. The van der Waals surface area contributed by atoms with Crippen molar-refractivity contribution in [1.82, 2.24) is 0 Å². The van der Waals surface area contributed by atoms with Crippen LogP contribution < -0.4 is 4.74 Å². The molecular formula is C13H9Br2FO. The molecule has 0 spiro atoms.